The summed E-state index contributed by atoms with van der Waals surface area (Å²) in [5, 5.41) is 4.59. The Balaban J connectivity index is 1.34. The zero-order valence-corrected chi connectivity index (χ0v) is 25.1. The number of likely N-dealkylation sites (tertiary alicyclic amines) is 1. The van der Waals surface area contributed by atoms with Crippen molar-refractivity contribution in [3.05, 3.63) is 34.9 Å². The minimum Gasteiger partial charge on any atom is -0.459 e. The lowest BCUT2D eigenvalue weighted by Gasteiger charge is -2.43. The summed E-state index contributed by atoms with van der Waals surface area (Å²) >= 11 is 7.84. The predicted octanol–water partition coefficient (Wildman–Crippen LogP) is 6.00. The van der Waals surface area contributed by atoms with Gasteiger partial charge in [-0.05, 0) is 63.9 Å². The molecule has 3 fully saturated rings. The Bertz CT molecular complexity index is 1630. The van der Waals surface area contributed by atoms with E-state index in [1.54, 1.807) is 6.07 Å². The fraction of sp³-hybridized carbons (Fsp3) is 0.500. The van der Waals surface area contributed by atoms with Crippen LogP contribution in [0.2, 0.25) is 5.02 Å². The van der Waals surface area contributed by atoms with Gasteiger partial charge in [-0.2, -0.15) is 9.97 Å². The number of ether oxygens (including phenoxy) is 1. The van der Waals surface area contributed by atoms with Crippen molar-refractivity contribution in [2.24, 2.45) is 0 Å². The SMILES string of the molecule is CC(CN1CCCCC1)Oc1nc(N2CC3CCCC(C2)N3)c2cc(Cl)c(-c3ccc(F)c4sc(N)nc34)c(F)c2n1. The fourth-order valence-corrected chi connectivity index (χ4v) is 7.85. The van der Waals surface area contributed by atoms with E-state index in [2.05, 4.69) is 25.1 Å². The number of piperazine rings is 1. The van der Waals surface area contributed by atoms with Crippen LogP contribution in [0.15, 0.2) is 18.2 Å². The molecule has 3 unspecified atom stereocenters. The highest BCUT2D eigenvalue weighted by atomic mass is 35.5. The van der Waals surface area contributed by atoms with Gasteiger partial charge in [-0.1, -0.05) is 35.8 Å². The van der Waals surface area contributed by atoms with Crippen LogP contribution in [0.5, 0.6) is 6.01 Å². The molecule has 0 radical (unpaired) electrons. The second-order valence-electron chi connectivity index (χ2n) is 11.8. The summed E-state index contributed by atoms with van der Waals surface area (Å²) in [4.78, 5) is 18.4. The predicted molar refractivity (Wildman–Crippen MR) is 165 cm³/mol. The number of anilines is 2. The van der Waals surface area contributed by atoms with E-state index in [1.807, 2.05) is 6.92 Å². The smallest absolute Gasteiger partial charge is 0.319 e. The Morgan fingerprint density at radius 1 is 1.07 bits per heavy atom. The summed E-state index contributed by atoms with van der Waals surface area (Å²) in [6.45, 7) is 6.35. The van der Waals surface area contributed by atoms with Crippen molar-refractivity contribution in [2.45, 2.75) is 63.6 Å². The van der Waals surface area contributed by atoms with Gasteiger partial charge in [0.05, 0.1) is 15.2 Å². The first-order valence-electron chi connectivity index (χ1n) is 14.8. The molecule has 2 aromatic carbocycles. The molecule has 2 aromatic heterocycles. The highest BCUT2D eigenvalue weighted by Crippen LogP contribution is 2.43. The first kappa shape index (κ1) is 27.9. The lowest BCUT2D eigenvalue weighted by molar-refractivity contribution is 0.123. The number of hydrogen-bond acceptors (Lipinski definition) is 9. The van der Waals surface area contributed by atoms with E-state index in [-0.39, 0.29) is 43.6 Å². The number of aromatic nitrogens is 3. The minimum absolute atomic E-state index is 0.105. The number of benzene rings is 2. The maximum atomic E-state index is 16.7. The third-order valence-corrected chi connectivity index (χ3v) is 9.84. The Morgan fingerprint density at radius 3 is 2.60 bits per heavy atom. The van der Waals surface area contributed by atoms with E-state index in [9.17, 15) is 4.39 Å². The number of fused-ring (bicyclic) bond motifs is 4. The van der Waals surface area contributed by atoms with Gasteiger partial charge in [0.25, 0.3) is 0 Å². The highest BCUT2D eigenvalue weighted by molar-refractivity contribution is 7.22. The molecule has 0 amide bonds. The molecule has 12 heteroatoms. The van der Waals surface area contributed by atoms with Crippen LogP contribution in [0, 0.1) is 11.6 Å². The molecule has 2 bridgehead atoms. The second-order valence-corrected chi connectivity index (χ2v) is 13.2. The molecule has 0 aliphatic carbocycles. The van der Waals surface area contributed by atoms with E-state index >= 15 is 4.39 Å². The Labute approximate surface area is 252 Å². The third-order valence-electron chi connectivity index (χ3n) is 8.65. The topological polar surface area (TPSA) is 92.4 Å². The Morgan fingerprint density at radius 2 is 1.83 bits per heavy atom. The van der Waals surface area contributed by atoms with Crippen LogP contribution in [-0.4, -0.2) is 70.8 Å². The van der Waals surface area contributed by atoms with Crippen molar-refractivity contribution < 1.29 is 13.5 Å². The van der Waals surface area contributed by atoms with Gasteiger partial charge in [-0.3, -0.25) is 4.90 Å². The number of nitrogens with zero attached hydrogens (tertiary/aromatic N) is 5. The monoisotopic (exact) mass is 613 g/mol. The molecule has 0 spiro atoms. The quantitative estimate of drug-likeness (QED) is 0.273. The molecule has 4 aromatic rings. The molecule has 8 nitrogen and oxygen atoms in total. The number of thiazole rings is 1. The highest BCUT2D eigenvalue weighted by Gasteiger charge is 2.33. The number of hydrogen-bond donors (Lipinski definition) is 2. The Kier molecular flexibility index (Phi) is 7.54. The minimum atomic E-state index is -0.621. The first-order chi connectivity index (χ1) is 20.3. The summed E-state index contributed by atoms with van der Waals surface area (Å²) in [5.41, 5.74) is 6.76. The summed E-state index contributed by atoms with van der Waals surface area (Å²) in [5.74, 6) is -0.468. The first-order valence-corrected chi connectivity index (χ1v) is 16.0. The molecule has 0 saturated carbocycles. The number of halogens is 3. The van der Waals surface area contributed by atoms with Gasteiger partial charge >= 0.3 is 6.01 Å². The summed E-state index contributed by atoms with van der Waals surface area (Å²) in [7, 11) is 0. The van der Waals surface area contributed by atoms with Crippen molar-refractivity contribution >= 4 is 55.0 Å². The molecule has 3 N–H and O–H groups in total. The van der Waals surface area contributed by atoms with E-state index in [0.717, 1.165) is 56.9 Å². The fourth-order valence-electron chi connectivity index (χ4n) is 6.80. The molecule has 3 atom stereocenters. The molecule has 42 heavy (non-hydrogen) atoms. The van der Waals surface area contributed by atoms with Gasteiger partial charge in [0.1, 0.15) is 23.3 Å². The van der Waals surface area contributed by atoms with Crippen LogP contribution >= 0.6 is 22.9 Å². The summed E-state index contributed by atoms with van der Waals surface area (Å²) in [6, 6.07) is 5.31. The van der Waals surface area contributed by atoms with E-state index in [1.165, 1.54) is 37.8 Å². The van der Waals surface area contributed by atoms with Gasteiger partial charge in [0, 0.05) is 48.2 Å². The molecule has 3 aliphatic heterocycles. The van der Waals surface area contributed by atoms with Crippen molar-refractivity contribution in [1.82, 2.24) is 25.2 Å². The average Bonchev–Trinajstić information content (AvgIpc) is 3.37. The van der Waals surface area contributed by atoms with Crippen molar-refractivity contribution in [3.63, 3.8) is 0 Å². The van der Waals surface area contributed by atoms with Crippen molar-refractivity contribution in [2.75, 3.05) is 43.4 Å². The van der Waals surface area contributed by atoms with Gasteiger partial charge in [-0.25, -0.2) is 13.8 Å². The molecule has 3 aliphatic rings. The second kappa shape index (κ2) is 11.3. The maximum Gasteiger partial charge on any atom is 0.319 e. The van der Waals surface area contributed by atoms with Crippen LogP contribution in [0.25, 0.3) is 32.2 Å². The molecule has 222 valence electrons. The van der Waals surface area contributed by atoms with Crippen LogP contribution in [0.1, 0.15) is 45.4 Å². The number of nitrogen functional groups attached to an aromatic ring is 1. The largest absolute Gasteiger partial charge is 0.459 e. The van der Waals surface area contributed by atoms with Crippen LogP contribution in [-0.2, 0) is 0 Å². The zero-order chi connectivity index (χ0) is 29.0. The summed E-state index contributed by atoms with van der Waals surface area (Å²) in [6.07, 6.45) is 6.81. The van der Waals surface area contributed by atoms with Crippen molar-refractivity contribution in [3.8, 4) is 17.1 Å². The van der Waals surface area contributed by atoms with Gasteiger partial charge in [-0.15, -0.1) is 0 Å². The van der Waals surface area contributed by atoms with Gasteiger partial charge < -0.3 is 20.7 Å². The third kappa shape index (κ3) is 5.25. The van der Waals surface area contributed by atoms with Crippen LogP contribution < -0.4 is 20.7 Å². The molecule has 7 rings (SSSR count). The normalized spacial score (nSPS) is 22.1. The van der Waals surface area contributed by atoms with Gasteiger partial charge in [0.2, 0.25) is 0 Å². The number of nitrogens with one attached hydrogen (secondary N) is 1. The average molecular weight is 614 g/mol. The number of nitrogens with two attached hydrogens (primary N) is 1. The van der Waals surface area contributed by atoms with E-state index in [4.69, 9.17) is 27.1 Å². The van der Waals surface area contributed by atoms with Crippen LogP contribution in [0.4, 0.5) is 19.7 Å². The summed E-state index contributed by atoms with van der Waals surface area (Å²) < 4.78 is 37.8. The molecular weight excluding hydrogens is 580 g/mol. The molecule has 5 heterocycles. The van der Waals surface area contributed by atoms with Crippen molar-refractivity contribution in [1.29, 1.82) is 0 Å². The number of rotatable bonds is 6. The number of piperidine rings is 2. The zero-order valence-electron chi connectivity index (χ0n) is 23.5. The lowest BCUT2D eigenvalue weighted by Crippen LogP contribution is -2.59. The van der Waals surface area contributed by atoms with Crippen LogP contribution in [0.3, 0.4) is 0 Å². The van der Waals surface area contributed by atoms with E-state index < -0.39 is 11.6 Å². The Hall–Kier alpha value is -2.86. The van der Waals surface area contributed by atoms with E-state index in [0.29, 0.717) is 28.9 Å². The van der Waals surface area contributed by atoms with Gasteiger partial charge in [0.15, 0.2) is 10.9 Å². The molecule has 3 saturated heterocycles. The maximum absolute atomic E-state index is 16.7. The lowest BCUT2D eigenvalue weighted by atomic mass is 9.94. The standard InChI is InChI=1S/C30H34ClF2N7OS/c1-16(13-39-10-3-2-4-11-39)41-30-37-25-20(28(38-30)40-14-17-6-5-7-18(15-40)35-17)12-21(31)23(24(25)33)19-8-9-22(32)27-26(19)36-29(34)42-27/h8-9,12,16-18,35H,2-7,10-11,13-15H2,1H3,(H2,34,36). The molecular formula is C30H34ClF2N7OS.